The van der Waals surface area contributed by atoms with Gasteiger partial charge in [-0.05, 0) is 49.1 Å². The minimum Gasteiger partial charge on any atom is -0.488 e. The SMILES string of the molecule is Cc1ccc(C(C)C)cc1OCc1c(C)nc(-c2c(F)cccc2C(F)(F)F)nc1N1CCN(CC(N)=O)CC1. The lowest BCUT2D eigenvalue weighted by atomic mass is 10.0. The van der Waals surface area contributed by atoms with Gasteiger partial charge in [0, 0.05) is 26.2 Å². The van der Waals surface area contributed by atoms with Gasteiger partial charge in [0.15, 0.2) is 5.82 Å². The molecule has 2 heterocycles. The fraction of sp³-hybridized carbons (Fsp3) is 0.414. The first-order valence-electron chi connectivity index (χ1n) is 13.1. The van der Waals surface area contributed by atoms with Crippen molar-refractivity contribution in [1.82, 2.24) is 14.9 Å². The molecule has 2 aromatic carbocycles. The van der Waals surface area contributed by atoms with Crippen LogP contribution in [0.4, 0.5) is 23.4 Å². The van der Waals surface area contributed by atoms with E-state index >= 15 is 0 Å². The van der Waals surface area contributed by atoms with E-state index in [1.807, 2.05) is 34.9 Å². The van der Waals surface area contributed by atoms with E-state index in [-0.39, 0.29) is 19.0 Å². The highest BCUT2D eigenvalue weighted by atomic mass is 19.4. The third-order valence-electron chi connectivity index (χ3n) is 7.04. The average molecular weight is 560 g/mol. The van der Waals surface area contributed by atoms with Crippen LogP contribution in [-0.2, 0) is 17.6 Å². The van der Waals surface area contributed by atoms with Crippen LogP contribution in [0.2, 0.25) is 0 Å². The van der Waals surface area contributed by atoms with Gasteiger partial charge in [-0.25, -0.2) is 14.4 Å². The van der Waals surface area contributed by atoms with E-state index in [1.54, 1.807) is 6.92 Å². The number of hydrogen-bond acceptors (Lipinski definition) is 6. The Hall–Kier alpha value is -3.73. The monoisotopic (exact) mass is 559 g/mol. The van der Waals surface area contributed by atoms with Crippen molar-refractivity contribution in [2.75, 3.05) is 37.6 Å². The Bertz CT molecular complexity index is 1390. The predicted octanol–water partition coefficient (Wildman–Crippen LogP) is 5.23. The number of ether oxygens (including phenoxy) is 1. The van der Waals surface area contributed by atoms with Crippen molar-refractivity contribution in [3.63, 3.8) is 0 Å². The molecule has 2 N–H and O–H groups in total. The van der Waals surface area contributed by atoms with Gasteiger partial charge in [0.25, 0.3) is 0 Å². The number of alkyl halides is 3. The van der Waals surface area contributed by atoms with Crippen molar-refractivity contribution in [3.8, 4) is 17.1 Å². The zero-order valence-corrected chi connectivity index (χ0v) is 23.0. The summed E-state index contributed by atoms with van der Waals surface area (Å²) in [6.45, 7) is 9.77. The second kappa shape index (κ2) is 11.8. The van der Waals surface area contributed by atoms with E-state index in [2.05, 4.69) is 23.8 Å². The minimum atomic E-state index is -4.80. The zero-order chi connectivity index (χ0) is 29.2. The lowest BCUT2D eigenvalue weighted by Gasteiger charge is -2.36. The molecule has 0 bridgehead atoms. The van der Waals surface area contributed by atoms with Gasteiger partial charge in [0.1, 0.15) is 24.0 Å². The number of amides is 1. The number of halogens is 4. The number of rotatable bonds is 8. The quantitative estimate of drug-likeness (QED) is 0.381. The summed E-state index contributed by atoms with van der Waals surface area (Å²) in [6, 6.07) is 8.80. The van der Waals surface area contributed by atoms with Crippen molar-refractivity contribution >= 4 is 11.7 Å². The number of carbonyl (C=O) groups is 1. The van der Waals surface area contributed by atoms with Crippen LogP contribution in [0, 0.1) is 19.7 Å². The Balaban J connectivity index is 1.76. The van der Waals surface area contributed by atoms with Crippen LogP contribution in [0.3, 0.4) is 0 Å². The first-order chi connectivity index (χ1) is 18.8. The van der Waals surface area contributed by atoms with E-state index in [0.29, 0.717) is 54.9 Å². The second-order valence-electron chi connectivity index (χ2n) is 10.3. The number of aryl methyl sites for hydroxylation is 2. The molecule has 1 fully saturated rings. The Morgan fingerprint density at radius 1 is 1.07 bits per heavy atom. The van der Waals surface area contributed by atoms with Gasteiger partial charge in [-0.2, -0.15) is 13.2 Å². The lowest BCUT2D eigenvalue weighted by molar-refractivity contribution is -0.137. The first kappa shape index (κ1) is 29.3. The van der Waals surface area contributed by atoms with Crippen LogP contribution >= 0.6 is 0 Å². The van der Waals surface area contributed by atoms with Crippen molar-refractivity contribution in [1.29, 1.82) is 0 Å². The van der Waals surface area contributed by atoms with Gasteiger partial charge in [-0.15, -0.1) is 0 Å². The minimum absolute atomic E-state index is 0.0642. The molecular weight excluding hydrogens is 526 g/mol. The summed E-state index contributed by atoms with van der Waals surface area (Å²) < 4.78 is 62.6. The van der Waals surface area contributed by atoms with Crippen LogP contribution in [0.1, 0.15) is 47.7 Å². The Morgan fingerprint density at radius 2 is 1.77 bits per heavy atom. The molecule has 0 radical (unpaired) electrons. The highest BCUT2D eigenvalue weighted by Crippen LogP contribution is 2.38. The number of aromatic nitrogens is 2. The normalized spacial score (nSPS) is 14.6. The molecule has 0 unspecified atom stereocenters. The van der Waals surface area contributed by atoms with Crippen LogP contribution in [-0.4, -0.2) is 53.5 Å². The summed E-state index contributed by atoms with van der Waals surface area (Å²) in [6.07, 6.45) is -4.80. The topological polar surface area (TPSA) is 84.6 Å². The number of piperazine rings is 1. The number of nitrogens with zero attached hydrogens (tertiary/aromatic N) is 4. The Morgan fingerprint density at radius 3 is 2.40 bits per heavy atom. The van der Waals surface area contributed by atoms with Gasteiger partial charge in [-0.3, -0.25) is 9.69 Å². The van der Waals surface area contributed by atoms with Gasteiger partial charge in [-0.1, -0.05) is 32.0 Å². The standard InChI is InChI=1S/C29H33F4N5O2/c1-17(2)20-9-8-18(3)24(14-20)40-16-21-19(4)35-27(26-22(29(31,32)33)6-5-7-23(26)30)36-28(21)38-12-10-37(11-13-38)15-25(34)39/h5-9,14,17H,10-13,15-16H2,1-4H3,(H2,34,39). The molecule has 0 saturated carbocycles. The van der Waals surface area contributed by atoms with Gasteiger partial charge >= 0.3 is 6.18 Å². The van der Waals surface area contributed by atoms with Crippen LogP contribution in [0.25, 0.3) is 11.4 Å². The molecular formula is C29H33F4N5O2. The van der Waals surface area contributed by atoms with Crippen molar-refractivity contribution < 1.29 is 27.1 Å². The molecule has 214 valence electrons. The highest BCUT2D eigenvalue weighted by Gasteiger charge is 2.36. The van der Waals surface area contributed by atoms with Crippen molar-refractivity contribution in [3.05, 3.63) is 70.2 Å². The van der Waals surface area contributed by atoms with E-state index in [1.165, 1.54) is 0 Å². The fourth-order valence-electron chi connectivity index (χ4n) is 4.73. The molecule has 1 amide bonds. The Labute approximate surface area is 231 Å². The number of primary amides is 1. The van der Waals surface area contributed by atoms with E-state index < -0.39 is 29.0 Å². The molecule has 0 aliphatic carbocycles. The zero-order valence-electron chi connectivity index (χ0n) is 23.0. The van der Waals surface area contributed by atoms with Gasteiger partial charge in [0.2, 0.25) is 5.91 Å². The average Bonchev–Trinajstić information content (AvgIpc) is 2.88. The van der Waals surface area contributed by atoms with Crippen LogP contribution in [0.15, 0.2) is 36.4 Å². The molecule has 0 spiro atoms. The molecule has 11 heteroatoms. The van der Waals surface area contributed by atoms with Gasteiger partial charge in [0.05, 0.1) is 28.9 Å². The highest BCUT2D eigenvalue weighted by molar-refractivity contribution is 5.76. The van der Waals surface area contributed by atoms with E-state index in [4.69, 9.17) is 10.5 Å². The van der Waals surface area contributed by atoms with E-state index in [0.717, 1.165) is 29.3 Å². The second-order valence-corrected chi connectivity index (χ2v) is 10.3. The third-order valence-corrected chi connectivity index (χ3v) is 7.04. The maximum atomic E-state index is 14.9. The molecule has 3 aromatic rings. The third kappa shape index (κ3) is 6.52. The molecule has 7 nitrogen and oxygen atoms in total. The Kier molecular flexibility index (Phi) is 8.62. The number of hydrogen-bond donors (Lipinski definition) is 1. The smallest absolute Gasteiger partial charge is 0.417 e. The van der Waals surface area contributed by atoms with Gasteiger partial charge < -0.3 is 15.4 Å². The summed E-state index contributed by atoms with van der Waals surface area (Å²) >= 11 is 0. The van der Waals surface area contributed by atoms with Crippen LogP contribution in [0.5, 0.6) is 5.75 Å². The largest absolute Gasteiger partial charge is 0.488 e. The van der Waals surface area contributed by atoms with Crippen molar-refractivity contribution in [2.45, 2.75) is 46.4 Å². The summed E-state index contributed by atoms with van der Waals surface area (Å²) in [7, 11) is 0. The molecule has 1 aliphatic rings. The number of benzene rings is 2. The molecule has 40 heavy (non-hydrogen) atoms. The summed E-state index contributed by atoms with van der Waals surface area (Å²) in [5.41, 5.74) is 6.51. The fourth-order valence-corrected chi connectivity index (χ4v) is 4.73. The molecule has 4 rings (SSSR count). The summed E-state index contributed by atoms with van der Waals surface area (Å²) in [4.78, 5) is 24.0. The summed E-state index contributed by atoms with van der Waals surface area (Å²) in [5.74, 6) is -0.504. The summed E-state index contributed by atoms with van der Waals surface area (Å²) in [5, 5.41) is 0. The lowest BCUT2D eigenvalue weighted by Crippen LogP contribution is -2.49. The van der Waals surface area contributed by atoms with Crippen LogP contribution < -0.4 is 15.4 Å². The number of anilines is 1. The molecule has 1 aromatic heterocycles. The first-order valence-corrected chi connectivity index (χ1v) is 13.1. The molecule has 1 aliphatic heterocycles. The maximum Gasteiger partial charge on any atom is 0.417 e. The molecule has 0 atom stereocenters. The molecule has 1 saturated heterocycles. The maximum absolute atomic E-state index is 14.9. The van der Waals surface area contributed by atoms with Crippen molar-refractivity contribution in [2.24, 2.45) is 5.73 Å². The number of carbonyl (C=O) groups excluding carboxylic acids is 1. The number of nitrogens with two attached hydrogens (primary N) is 1. The van der Waals surface area contributed by atoms with E-state index in [9.17, 15) is 22.4 Å². The predicted molar refractivity (Wildman–Crippen MR) is 145 cm³/mol.